The molecule has 0 aliphatic rings. The Bertz CT molecular complexity index is 1050. The van der Waals surface area contributed by atoms with Gasteiger partial charge in [0.1, 0.15) is 0 Å². The first-order chi connectivity index (χ1) is 14.0. The Balaban J connectivity index is 2.23. The van der Waals surface area contributed by atoms with Crippen molar-refractivity contribution in [2.24, 2.45) is 11.5 Å². The van der Waals surface area contributed by atoms with Crippen LogP contribution in [0.15, 0.2) is 36.5 Å². The van der Waals surface area contributed by atoms with Crippen LogP contribution in [0.2, 0.25) is 0 Å². The topological polar surface area (TPSA) is 112 Å². The zero-order valence-electron chi connectivity index (χ0n) is 16.9. The third-order valence-electron chi connectivity index (χ3n) is 4.72. The van der Waals surface area contributed by atoms with E-state index in [-0.39, 0.29) is 0 Å². The molecule has 0 aliphatic carbocycles. The number of amides is 1. The highest BCUT2D eigenvalue weighted by Crippen LogP contribution is 2.38. The maximum atomic E-state index is 12.1. The maximum Gasteiger partial charge on any atom is 0.252 e. The van der Waals surface area contributed by atoms with E-state index in [9.17, 15) is 4.79 Å². The number of carbonyl (C=O) groups excluding carboxylic acids is 1. The summed E-state index contributed by atoms with van der Waals surface area (Å²) < 4.78 is 11.4. The number of nitrogens with one attached hydrogen (secondary N) is 1. The van der Waals surface area contributed by atoms with Crippen LogP contribution in [0.4, 0.5) is 11.4 Å². The van der Waals surface area contributed by atoms with E-state index in [1.54, 1.807) is 0 Å². The van der Waals surface area contributed by atoms with Crippen molar-refractivity contribution in [3.8, 4) is 11.5 Å². The minimum Gasteiger partial charge on any atom is -0.490 e. The number of anilines is 2. The van der Waals surface area contributed by atoms with Crippen LogP contribution in [0, 0.1) is 6.92 Å². The lowest BCUT2D eigenvalue weighted by Crippen LogP contribution is -2.14. The summed E-state index contributed by atoms with van der Waals surface area (Å²) in [5.41, 5.74) is 15.9. The maximum absolute atomic E-state index is 12.1. The van der Waals surface area contributed by atoms with E-state index in [1.807, 2.05) is 51.1 Å². The Kier molecular flexibility index (Phi) is 6.19. The summed E-state index contributed by atoms with van der Waals surface area (Å²) >= 11 is 0. The molecular formula is C22H26N4O3. The number of rotatable bonds is 8. The van der Waals surface area contributed by atoms with Crippen LogP contribution >= 0.6 is 0 Å². The van der Waals surface area contributed by atoms with Gasteiger partial charge in [0.15, 0.2) is 11.5 Å². The van der Waals surface area contributed by atoms with Crippen molar-refractivity contribution in [1.29, 1.82) is 0 Å². The smallest absolute Gasteiger partial charge is 0.252 e. The van der Waals surface area contributed by atoms with Gasteiger partial charge in [-0.2, -0.15) is 0 Å². The van der Waals surface area contributed by atoms with E-state index >= 15 is 0 Å². The van der Waals surface area contributed by atoms with Gasteiger partial charge in [-0.25, -0.2) is 0 Å². The van der Waals surface area contributed by atoms with E-state index in [0.29, 0.717) is 53.4 Å². The van der Waals surface area contributed by atoms with Gasteiger partial charge in [0.2, 0.25) is 0 Å². The summed E-state index contributed by atoms with van der Waals surface area (Å²) in [7, 11) is 0. The van der Waals surface area contributed by atoms with E-state index in [1.165, 1.54) is 6.20 Å². The largest absolute Gasteiger partial charge is 0.490 e. The first-order valence-electron chi connectivity index (χ1n) is 9.57. The number of primary amides is 1. The molecule has 0 radical (unpaired) electrons. The zero-order chi connectivity index (χ0) is 21.0. The standard InChI is InChI=1S/C22H26N4O3/c1-4-28-19-9-15-18(10-20(19)29-5-2)25-12-16(22(24)27)21(15)26-17-8-6-7-14(11-23)13(17)3/h6-10,12H,4-5,11,23H2,1-3H3,(H2,24,27)(H,25,26). The molecule has 7 nitrogen and oxygen atoms in total. The van der Waals surface area contributed by atoms with Crippen LogP contribution in [-0.2, 0) is 6.54 Å². The molecule has 0 spiro atoms. The van der Waals surface area contributed by atoms with Crippen molar-refractivity contribution in [3.05, 3.63) is 53.2 Å². The molecule has 29 heavy (non-hydrogen) atoms. The van der Waals surface area contributed by atoms with Crippen LogP contribution in [0.25, 0.3) is 10.9 Å². The van der Waals surface area contributed by atoms with E-state index in [4.69, 9.17) is 20.9 Å². The monoisotopic (exact) mass is 394 g/mol. The minimum absolute atomic E-state index is 0.293. The molecule has 0 saturated carbocycles. The first-order valence-corrected chi connectivity index (χ1v) is 9.57. The quantitative estimate of drug-likeness (QED) is 0.538. The molecule has 0 bridgehead atoms. The summed E-state index contributed by atoms with van der Waals surface area (Å²) in [6.07, 6.45) is 1.48. The van der Waals surface area contributed by atoms with Crippen molar-refractivity contribution >= 4 is 28.2 Å². The fourth-order valence-electron chi connectivity index (χ4n) is 3.23. The fourth-order valence-corrected chi connectivity index (χ4v) is 3.23. The summed E-state index contributed by atoms with van der Waals surface area (Å²) in [6, 6.07) is 9.46. The van der Waals surface area contributed by atoms with Crippen LogP contribution in [0.3, 0.4) is 0 Å². The molecule has 0 aliphatic heterocycles. The van der Waals surface area contributed by atoms with Crippen molar-refractivity contribution in [1.82, 2.24) is 4.98 Å². The molecule has 1 amide bonds. The van der Waals surface area contributed by atoms with Crippen molar-refractivity contribution < 1.29 is 14.3 Å². The van der Waals surface area contributed by atoms with Gasteiger partial charge in [-0.05, 0) is 44.0 Å². The normalized spacial score (nSPS) is 10.8. The van der Waals surface area contributed by atoms with Gasteiger partial charge < -0.3 is 26.3 Å². The van der Waals surface area contributed by atoms with Crippen molar-refractivity contribution in [2.75, 3.05) is 18.5 Å². The van der Waals surface area contributed by atoms with Gasteiger partial charge in [0, 0.05) is 29.9 Å². The van der Waals surface area contributed by atoms with E-state index < -0.39 is 5.91 Å². The molecule has 2 aromatic carbocycles. The summed E-state index contributed by atoms with van der Waals surface area (Å²) in [5.74, 6) is 0.621. The van der Waals surface area contributed by atoms with Gasteiger partial charge in [0.05, 0.1) is 30.0 Å². The van der Waals surface area contributed by atoms with Gasteiger partial charge >= 0.3 is 0 Å². The van der Waals surface area contributed by atoms with Crippen LogP contribution in [0.5, 0.6) is 11.5 Å². The Labute approximate surface area is 170 Å². The minimum atomic E-state index is -0.568. The number of fused-ring (bicyclic) bond motifs is 1. The number of pyridine rings is 1. The highest BCUT2D eigenvalue weighted by atomic mass is 16.5. The number of nitrogens with zero attached hydrogens (tertiary/aromatic N) is 1. The average Bonchev–Trinajstić information content (AvgIpc) is 2.70. The molecule has 0 saturated heterocycles. The lowest BCUT2D eigenvalue weighted by atomic mass is 10.0. The fraction of sp³-hybridized carbons (Fsp3) is 0.273. The third kappa shape index (κ3) is 4.09. The highest BCUT2D eigenvalue weighted by Gasteiger charge is 2.18. The van der Waals surface area contributed by atoms with Crippen LogP contribution in [0.1, 0.15) is 35.3 Å². The number of hydrogen-bond donors (Lipinski definition) is 3. The van der Waals surface area contributed by atoms with E-state index in [0.717, 1.165) is 16.8 Å². The number of aromatic nitrogens is 1. The lowest BCUT2D eigenvalue weighted by Gasteiger charge is -2.18. The Morgan fingerprint density at radius 2 is 1.83 bits per heavy atom. The molecule has 152 valence electrons. The number of ether oxygens (including phenoxy) is 2. The zero-order valence-corrected chi connectivity index (χ0v) is 16.9. The first kappa shape index (κ1) is 20.4. The molecule has 5 N–H and O–H groups in total. The van der Waals surface area contributed by atoms with Gasteiger partial charge in [0.25, 0.3) is 5.91 Å². The summed E-state index contributed by atoms with van der Waals surface area (Å²) in [4.78, 5) is 16.5. The summed E-state index contributed by atoms with van der Waals surface area (Å²) in [6.45, 7) is 7.20. The van der Waals surface area contributed by atoms with Crippen molar-refractivity contribution in [3.63, 3.8) is 0 Å². The molecule has 0 fully saturated rings. The second-order valence-electron chi connectivity index (χ2n) is 6.51. The molecule has 0 atom stereocenters. The Hall–Kier alpha value is -3.32. The number of benzene rings is 2. The number of carbonyl (C=O) groups is 1. The Morgan fingerprint density at radius 3 is 2.45 bits per heavy atom. The number of hydrogen-bond acceptors (Lipinski definition) is 6. The molecule has 1 heterocycles. The second-order valence-corrected chi connectivity index (χ2v) is 6.51. The van der Waals surface area contributed by atoms with Gasteiger partial charge in [-0.1, -0.05) is 12.1 Å². The molecule has 3 aromatic rings. The molecule has 3 rings (SSSR count). The molecular weight excluding hydrogens is 368 g/mol. The van der Waals surface area contributed by atoms with E-state index in [2.05, 4.69) is 10.3 Å². The molecule has 1 aromatic heterocycles. The highest BCUT2D eigenvalue weighted by molar-refractivity contribution is 6.08. The predicted molar refractivity (Wildman–Crippen MR) is 115 cm³/mol. The Morgan fingerprint density at radius 1 is 1.14 bits per heavy atom. The number of nitrogens with two attached hydrogens (primary N) is 2. The molecule has 7 heteroatoms. The lowest BCUT2D eigenvalue weighted by molar-refractivity contribution is 0.100. The summed E-state index contributed by atoms with van der Waals surface area (Å²) in [5, 5.41) is 4.08. The van der Waals surface area contributed by atoms with Gasteiger partial charge in [-0.3, -0.25) is 9.78 Å². The molecule has 0 unspecified atom stereocenters. The third-order valence-corrected chi connectivity index (χ3v) is 4.72. The van der Waals surface area contributed by atoms with Gasteiger partial charge in [-0.15, -0.1) is 0 Å². The average molecular weight is 394 g/mol. The van der Waals surface area contributed by atoms with Crippen molar-refractivity contribution in [2.45, 2.75) is 27.3 Å². The SMILES string of the molecule is CCOc1cc2ncc(C(N)=O)c(Nc3cccc(CN)c3C)c2cc1OCC. The van der Waals surface area contributed by atoms with Crippen LogP contribution < -0.4 is 26.3 Å². The second kappa shape index (κ2) is 8.79. The van der Waals surface area contributed by atoms with Crippen LogP contribution in [-0.4, -0.2) is 24.1 Å². The predicted octanol–water partition coefficient (Wildman–Crippen LogP) is 3.64.